The summed E-state index contributed by atoms with van der Waals surface area (Å²) in [5, 5.41) is 14.4. The Balaban J connectivity index is 1.42. The third kappa shape index (κ3) is 4.71. The molecule has 10 heteroatoms. The van der Waals surface area contributed by atoms with E-state index in [2.05, 4.69) is 20.6 Å². The molecule has 0 atom stereocenters. The first-order valence-corrected chi connectivity index (χ1v) is 10.9. The van der Waals surface area contributed by atoms with Crippen molar-refractivity contribution in [2.75, 3.05) is 10.6 Å². The Bertz CT molecular complexity index is 1570. The number of nitrogens with zero attached hydrogens (tertiary/aromatic N) is 3. The predicted octanol–water partition coefficient (Wildman–Crippen LogP) is 5.96. The molecule has 0 spiro atoms. The minimum absolute atomic E-state index is 0.218. The van der Waals surface area contributed by atoms with E-state index in [0.717, 1.165) is 11.1 Å². The van der Waals surface area contributed by atoms with E-state index in [4.69, 9.17) is 21.1 Å². The summed E-state index contributed by atoms with van der Waals surface area (Å²) in [4.78, 5) is 32.2. The quantitative estimate of drug-likeness (QED) is 0.281. The molecule has 0 radical (unpaired) electrons. The number of imidazole rings is 1. The second kappa shape index (κ2) is 8.96. The maximum absolute atomic E-state index is 12.4. The number of nitrogens with one attached hydrogen (secondary N) is 2. The average molecular weight is 488 g/mol. The molecule has 0 aliphatic heterocycles. The fourth-order valence-corrected chi connectivity index (χ4v) is 3.80. The van der Waals surface area contributed by atoms with Crippen molar-refractivity contribution in [3.8, 4) is 22.4 Å². The number of carbonyl (C=O) groups excluding carboxylic acids is 1. The van der Waals surface area contributed by atoms with Crippen LogP contribution in [0.15, 0.2) is 77.6 Å². The van der Waals surface area contributed by atoms with Gasteiger partial charge in [-0.05, 0) is 55.0 Å². The van der Waals surface area contributed by atoms with E-state index in [0.29, 0.717) is 39.2 Å². The van der Waals surface area contributed by atoms with Crippen molar-refractivity contribution < 1.29 is 19.1 Å². The summed E-state index contributed by atoms with van der Waals surface area (Å²) in [5.74, 6) is 0.980. The molecule has 0 saturated heterocycles. The van der Waals surface area contributed by atoms with Crippen LogP contribution in [0.3, 0.4) is 0 Å². The number of carbonyl (C=O) groups is 2. The van der Waals surface area contributed by atoms with Crippen LogP contribution in [0, 0.1) is 6.92 Å². The highest BCUT2D eigenvalue weighted by molar-refractivity contribution is 6.33. The molecule has 5 rings (SSSR count). The summed E-state index contributed by atoms with van der Waals surface area (Å²) in [6, 6.07) is 15.4. The molecule has 3 heterocycles. The molecule has 0 fully saturated rings. The molecule has 2 amide bonds. The van der Waals surface area contributed by atoms with Gasteiger partial charge < -0.3 is 14.8 Å². The van der Waals surface area contributed by atoms with E-state index in [1.165, 1.54) is 0 Å². The fourth-order valence-electron chi connectivity index (χ4n) is 3.58. The van der Waals surface area contributed by atoms with Crippen molar-refractivity contribution in [2.45, 2.75) is 6.92 Å². The van der Waals surface area contributed by atoms with Gasteiger partial charge >= 0.3 is 6.09 Å². The van der Waals surface area contributed by atoms with Crippen molar-refractivity contribution in [3.63, 3.8) is 0 Å². The predicted molar refractivity (Wildman–Crippen MR) is 132 cm³/mol. The van der Waals surface area contributed by atoms with Gasteiger partial charge in [-0.25, -0.2) is 14.8 Å². The zero-order valence-electron chi connectivity index (χ0n) is 18.3. The van der Waals surface area contributed by atoms with E-state index in [1.54, 1.807) is 78.3 Å². The number of hydrogen-bond donors (Lipinski definition) is 3. The number of rotatable bonds is 5. The Hall–Kier alpha value is -4.63. The Labute approximate surface area is 204 Å². The third-order valence-corrected chi connectivity index (χ3v) is 5.57. The molecule has 35 heavy (non-hydrogen) atoms. The smallest absolute Gasteiger partial charge is 0.409 e. The number of fused-ring (bicyclic) bond motifs is 1. The highest BCUT2D eigenvalue weighted by atomic mass is 35.5. The monoisotopic (exact) mass is 487 g/mol. The van der Waals surface area contributed by atoms with Crippen LogP contribution in [-0.4, -0.2) is 31.5 Å². The van der Waals surface area contributed by atoms with E-state index < -0.39 is 6.09 Å². The molecule has 3 N–H and O–H groups in total. The zero-order valence-corrected chi connectivity index (χ0v) is 19.1. The summed E-state index contributed by atoms with van der Waals surface area (Å²) in [7, 11) is 0. The Morgan fingerprint density at radius 1 is 0.971 bits per heavy atom. The Morgan fingerprint density at radius 3 is 2.46 bits per heavy atom. The van der Waals surface area contributed by atoms with Crippen LogP contribution in [0.25, 0.3) is 28.2 Å². The molecule has 0 aliphatic carbocycles. The van der Waals surface area contributed by atoms with E-state index in [-0.39, 0.29) is 11.7 Å². The first-order valence-electron chi connectivity index (χ1n) is 10.5. The molecule has 174 valence electrons. The van der Waals surface area contributed by atoms with Gasteiger partial charge in [-0.15, -0.1) is 0 Å². The highest BCUT2D eigenvalue weighted by Crippen LogP contribution is 2.31. The van der Waals surface area contributed by atoms with Crippen LogP contribution in [0.5, 0.6) is 0 Å². The highest BCUT2D eigenvalue weighted by Gasteiger charge is 2.14. The first kappa shape index (κ1) is 22.2. The molecule has 0 bridgehead atoms. The van der Waals surface area contributed by atoms with Gasteiger partial charge in [0.1, 0.15) is 5.76 Å². The number of halogens is 1. The molecule has 9 nitrogen and oxygen atoms in total. The lowest BCUT2D eigenvalue weighted by Crippen LogP contribution is -2.10. The van der Waals surface area contributed by atoms with Gasteiger partial charge in [-0.2, -0.15) is 0 Å². The topological polar surface area (TPSA) is 122 Å². The van der Waals surface area contributed by atoms with Crippen molar-refractivity contribution in [1.82, 2.24) is 14.4 Å². The summed E-state index contributed by atoms with van der Waals surface area (Å²) in [6.45, 7) is 1.77. The number of hydrogen-bond acceptors (Lipinski definition) is 5. The van der Waals surface area contributed by atoms with Gasteiger partial charge in [-0.3, -0.25) is 14.5 Å². The van der Waals surface area contributed by atoms with Gasteiger partial charge in [0.2, 0.25) is 5.78 Å². The van der Waals surface area contributed by atoms with Crippen molar-refractivity contribution in [2.24, 2.45) is 0 Å². The minimum atomic E-state index is -1.12. The fraction of sp³-hybridized carbons (Fsp3) is 0.0400. The summed E-state index contributed by atoms with van der Waals surface area (Å²) >= 11 is 6.44. The number of aromatic nitrogens is 3. The SMILES string of the molecule is Cc1ccc(C(=O)Nc2ccc(Cl)c(-c3cn4cc(-c5ccc(NC(=O)O)cc5)cnc4n3)c2)o1. The number of aryl methyl sites for hydroxylation is 1. The molecular weight excluding hydrogens is 470 g/mol. The van der Waals surface area contributed by atoms with Gasteiger partial charge in [0.15, 0.2) is 5.76 Å². The van der Waals surface area contributed by atoms with Gasteiger partial charge in [-0.1, -0.05) is 23.7 Å². The number of anilines is 2. The molecular formula is C25H18ClN5O4. The zero-order chi connectivity index (χ0) is 24.5. The Morgan fingerprint density at radius 2 is 1.74 bits per heavy atom. The van der Waals surface area contributed by atoms with Crippen LogP contribution in [0.1, 0.15) is 16.3 Å². The van der Waals surface area contributed by atoms with Gasteiger partial charge in [0.05, 0.1) is 10.7 Å². The minimum Gasteiger partial charge on any atom is -0.465 e. The molecule has 5 aromatic rings. The van der Waals surface area contributed by atoms with E-state index >= 15 is 0 Å². The lowest BCUT2D eigenvalue weighted by molar-refractivity contribution is 0.0995. The number of benzene rings is 2. The number of carboxylic acid groups (broad SMARTS) is 1. The van der Waals surface area contributed by atoms with Gasteiger partial charge in [0, 0.05) is 41.1 Å². The van der Waals surface area contributed by atoms with Gasteiger partial charge in [0.25, 0.3) is 5.91 Å². The van der Waals surface area contributed by atoms with Crippen molar-refractivity contribution in [3.05, 3.63) is 89.7 Å². The van der Waals surface area contributed by atoms with Crippen molar-refractivity contribution in [1.29, 1.82) is 0 Å². The van der Waals surface area contributed by atoms with E-state index in [1.807, 2.05) is 6.20 Å². The van der Waals surface area contributed by atoms with Crippen LogP contribution < -0.4 is 10.6 Å². The second-order valence-corrected chi connectivity index (χ2v) is 8.15. The van der Waals surface area contributed by atoms with Crippen LogP contribution >= 0.6 is 11.6 Å². The first-order chi connectivity index (χ1) is 16.9. The largest absolute Gasteiger partial charge is 0.465 e. The maximum Gasteiger partial charge on any atom is 0.409 e. The normalized spacial score (nSPS) is 10.9. The molecule has 3 aromatic heterocycles. The lowest BCUT2D eigenvalue weighted by atomic mass is 10.1. The molecule has 0 saturated carbocycles. The summed E-state index contributed by atoms with van der Waals surface area (Å²) in [6.07, 6.45) is 4.24. The molecule has 0 unspecified atom stereocenters. The number of amides is 2. The number of furan rings is 1. The summed E-state index contributed by atoms with van der Waals surface area (Å²) < 4.78 is 7.15. The average Bonchev–Trinajstić information content (AvgIpc) is 3.46. The molecule has 2 aromatic carbocycles. The van der Waals surface area contributed by atoms with Crippen molar-refractivity contribution >= 4 is 40.8 Å². The second-order valence-electron chi connectivity index (χ2n) is 7.74. The lowest BCUT2D eigenvalue weighted by Gasteiger charge is -2.07. The molecule has 0 aliphatic rings. The summed E-state index contributed by atoms with van der Waals surface area (Å²) in [5.41, 5.74) is 3.93. The van der Waals surface area contributed by atoms with Crippen LogP contribution in [0.4, 0.5) is 16.2 Å². The van der Waals surface area contributed by atoms with E-state index in [9.17, 15) is 9.59 Å². The standard InChI is InChI=1S/C25H18ClN5O4/c1-14-2-9-22(35-14)23(32)28-18-7-8-20(26)19(10-18)21-13-31-12-16(11-27-24(31)30-21)15-3-5-17(6-4-15)29-25(33)34/h2-13,29H,1H3,(H,28,32)(H,33,34). The Kier molecular flexibility index (Phi) is 5.68. The third-order valence-electron chi connectivity index (χ3n) is 5.24. The maximum atomic E-state index is 12.4. The van der Waals surface area contributed by atoms with Crippen LogP contribution in [0.2, 0.25) is 5.02 Å². The van der Waals surface area contributed by atoms with Crippen LogP contribution in [-0.2, 0) is 0 Å².